The van der Waals surface area contributed by atoms with Crippen molar-refractivity contribution in [3.05, 3.63) is 58.9 Å². The molecule has 0 unspecified atom stereocenters. The lowest BCUT2D eigenvalue weighted by molar-refractivity contribution is 0.103. The number of fused-ring (bicyclic) bond motifs is 1. The highest BCUT2D eigenvalue weighted by molar-refractivity contribution is 6.09. The van der Waals surface area contributed by atoms with Gasteiger partial charge in [0.15, 0.2) is 5.82 Å². The quantitative estimate of drug-likeness (QED) is 0.749. The summed E-state index contributed by atoms with van der Waals surface area (Å²) in [5.41, 5.74) is 0.906. The predicted molar refractivity (Wildman–Crippen MR) is 78.6 cm³/mol. The number of benzene rings is 1. The lowest BCUT2D eigenvalue weighted by atomic mass is 10.0. The van der Waals surface area contributed by atoms with E-state index in [1.165, 1.54) is 28.8 Å². The molecule has 0 aliphatic rings. The Kier molecular flexibility index (Phi) is 3.50. The zero-order chi connectivity index (χ0) is 16.6. The number of hydrogen-bond acceptors (Lipinski definition) is 5. The monoisotopic (exact) mass is 310 g/mol. The molecule has 114 valence electrons. The molecule has 0 aliphatic heterocycles. The first kappa shape index (κ1) is 14.7. The summed E-state index contributed by atoms with van der Waals surface area (Å²) >= 11 is 0. The number of phenols is 1. The number of carbonyl (C=O) groups is 1. The van der Waals surface area contributed by atoms with Crippen LogP contribution in [-0.4, -0.2) is 25.3 Å². The van der Waals surface area contributed by atoms with Crippen LogP contribution in [0.2, 0.25) is 0 Å². The van der Waals surface area contributed by atoms with Gasteiger partial charge in [-0.15, -0.1) is 0 Å². The zero-order valence-electron chi connectivity index (χ0n) is 12.1. The van der Waals surface area contributed by atoms with Crippen LogP contribution in [0.3, 0.4) is 0 Å². The van der Waals surface area contributed by atoms with Gasteiger partial charge in [0.1, 0.15) is 17.5 Å². The molecule has 0 saturated carbocycles. The van der Waals surface area contributed by atoms with Crippen molar-refractivity contribution in [2.45, 2.75) is 13.3 Å². The molecule has 2 aromatic heterocycles. The van der Waals surface area contributed by atoms with Gasteiger partial charge in [-0.25, -0.2) is 14.4 Å². The SMILES string of the molecule is CCc1c(C(=O)c2ccc(O)c(C#N)c2)nc2ncc(F)cn12. The van der Waals surface area contributed by atoms with Crippen molar-refractivity contribution in [3.63, 3.8) is 0 Å². The molecule has 0 fully saturated rings. The highest BCUT2D eigenvalue weighted by Crippen LogP contribution is 2.21. The van der Waals surface area contributed by atoms with Crippen molar-refractivity contribution in [2.75, 3.05) is 0 Å². The minimum Gasteiger partial charge on any atom is -0.507 e. The van der Waals surface area contributed by atoms with Gasteiger partial charge < -0.3 is 5.11 Å². The molecule has 3 aromatic rings. The van der Waals surface area contributed by atoms with Crippen LogP contribution in [0.25, 0.3) is 5.78 Å². The van der Waals surface area contributed by atoms with Crippen LogP contribution >= 0.6 is 0 Å². The van der Waals surface area contributed by atoms with Gasteiger partial charge in [0, 0.05) is 11.8 Å². The number of hydrogen-bond donors (Lipinski definition) is 1. The molecule has 1 aromatic carbocycles. The molecule has 2 heterocycles. The van der Waals surface area contributed by atoms with E-state index in [1.807, 2.05) is 13.0 Å². The first-order valence-electron chi connectivity index (χ1n) is 6.85. The van der Waals surface area contributed by atoms with Crippen LogP contribution < -0.4 is 0 Å². The van der Waals surface area contributed by atoms with Crippen LogP contribution in [0.5, 0.6) is 5.75 Å². The maximum absolute atomic E-state index is 13.4. The summed E-state index contributed by atoms with van der Waals surface area (Å²) in [5.74, 6) is -0.909. The van der Waals surface area contributed by atoms with Gasteiger partial charge in [-0.1, -0.05) is 6.92 Å². The second-order valence-corrected chi connectivity index (χ2v) is 4.88. The van der Waals surface area contributed by atoms with E-state index in [2.05, 4.69) is 9.97 Å². The van der Waals surface area contributed by atoms with E-state index in [-0.39, 0.29) is 28.3 Å². The molecule has 6 nitrogen and oxygen atoms in total. The van der Waals surface area contributed by atoms with E-state index in [1.54, 1.807) is 0 Å². The maximum Gasteiger partial charge on any atom is 0.234 e. The molecular formula is C16H11FN4O2. The van der Waals surface area contributed by atoms with Gasteiger partial charge in [0.2, 0.25) is 11.6 Å². The van der Waals surface area contributed by atoms with Crippen LogP contribution in [0, 0.1) is 17.1 Å². The summed E-state index contributed by atoms with van der Waals surface area (Å²) in [4.78, 5) is 20.7. The van der Waals surface area contributed by atoms with E-state index >= 15 is 0 Å². The van der Waals surface area contributed by atoms with Gasteiger partial charge in [0.05, 0.1) is 17.5 Å². The van der Waals surface area contributed by atoms with Gasteiger partial charge in [-0.2, -0.15) is 5.26 Å². The third-order valence-electron chi connectivity index (χ3n) is 3.48. The Bertz CT molecular complexity index is 972. The van der Waals surface area contributed by atoms with E-state index in [0.717, 1.165) is 6.20 Å². The summed E-state index contributed by atoms with van der Waals surface area (Å²) in [6, 6.07) is 5.81. The Balaban J connectivity index is 2.16. The number of carbonyl (C=O) groups excluding carboxylic acids is 1. The fourth-order valence-corrected chi connectivity index (χ4v) is 2.38. The molecule has 0 amide bonds. The van der Waals surface area contributed by atoms with Gasteiger partial charge in [-0.05, 0) is 24.6 Å². The number of nitriles is 1. The molecule has 0 saturated heterocycles. The van der Waals surface area contributed by atoms with Gasteiger partial charge in [-0.3, -0.25) is 9.20 Å². The normalized spacial score (nSPS) is 10.7. The number of aromatic nitrogens is 3. The number of halogens is 1. The van der Waals surface area contributed by atoms with Crippen LogP contribution in [-0.2, 0) is 6.42 Å². The van der Waals surface area contributed by atoms with E-state index in [9.17, 15) is 14.3 Å². The molecule has 0 aliphatic carbocycles. The molecule has 0 spiro atoms. The molecule has 23 heavy (non-hydrogen) atoms. The van der Waals surface area contributed by atoms with Crippen molar-refractivity contribution >= 4 is 11.6 Å². The summed E-state index contributed by atoms with van der Waals surface area (Å²) in [6.07, 6.45) is 2.71. The van der Waals surface area contributed by atoms with Crippen LogP contribution in [0.15, 0.2) is 30.6 Å². The molecule has 3 rings (SSSR count). The second kappa shape index (κ2) is 5.50. The summed E-state index contributed by atoms with van der Waals surface area (Å²) < 4.78 is 14.8. The van der Waals surface area contributed by atoms with E-state index in [0.29, 0.717) is 12.1 Å². The Morgan fingerprint density at radius 1 is 1.48 bits per heavy atom. The lowest BCUT2D eigenvalue weighted by Crippen LogP contribution is -2.06. The number of nitrogens with zero attached hydrogens (tertiary/aromatic N) is 4. The number of aromatic hydroxyl groups is 1. The Morgan fingerprint density at radius 2 is 2.26 bits per heavy atom. The van der Waals surface area contributed by atoms with Crippen molar-refractivity contribution in [1.82, 2.24) is 14.4 Å². The molecular weight excluding hydrogens is 299 g/mol. The minimum absolute atomic E-state index is 0.00170. The Hall–Kier alpha value is -3.27. The fraction of sp³-hybridized carbons (Fsp3) is 0.125. The zero-order valence-corrected chi connectivity index (χ0v) is 12.1. The first-order chi connectivity index (χ1) is 11.0. The van der Waals surface area contributed by atoms with E-state index in [4.69, 9.17) is 5.26 Å². The van der Waals surface area contributed by atoms with Crippen molar-refractivity contribution in [2.24, 2.45) is 0 Å². The molecule has 0 atom stereocenters. The highest BCUT2D eigenvalue weighted by Gasteiger charge is 2.21. The third-order valence-corrected chi connectivity index (χ3v) is 3.48. The average Bonchev–Trinajstić information content (AvgIpc) is 2.92. The summed E-state index contributed by atoms with van der Waals surface area (Å²) in [5, 5.41) is 18.5. The van der Waals surface area contributed by atoms with Crippen molar-refractivity contribution < 1.29 is 14.3 Å². The standard InChI is InChI=1S/C16H11FN4O2/c1-2-12-14(20-16-19-7-11(17)8-21(12)16)15(23)9-3-4-13(22)10(5-9)6-18/h3-5,7-8,22H,2H2,1H3. The number of phenolic OH excluding ortho intramolecular Hbond substituents is 1. The predicted octanol–water partition coefficient (Wildman–Crippen LogP) is 2.24. The highest BCUT2D eigenvalue weighted by atomic mass is 19.1. The average molecular weight is 310 g/mol. The first-order valence-corrected chi connectivity index (χ1v) is 6.85. The number of ketones is 1. The van der Waals surface area contributed by atoms with Gasteiger partial charge in [0.25, 0.3) is 0 Å². The molecule has 1 N–H and O–H groups in total. The number of rotatable bonds is 3. The molecule has 7 heteroatoms. The number of aryl methyl sites for hydroxylation is 1. The van der Waals surface area contributed by atoms with E-state index < -0.39 is 11.6 Å². The van der Waals surface area contributed by atoms with Crippen LogP contribution in [0.1, 0.15) is 34.2 Å². The Labute approximate surface area is 130 Å². The topological polar surface area (TPSA) is 91.3 Å². The fourth-order valence-electron chi connectivity index (χ4n) is 2.38. The van der Waals surface area contributed by atoms with Crippen molar-refractivity contribution in [1.29, 1.82) is 5.26 Å². The minimum atomic E-state index is -0.528. The lowest BCUT2D eigenvalue weighted by Gasteiger charge is -2.03. The molecule has 0 bridgehead atoms. The smallest absolute Gasteiger partial charge is 0.234 e. The summed E-state index contributed by atoms with van der Waals surface area (Å²) in [7, 11) is 0. The molecule has 0 radical (unpaired) electrons. The second-order valence-electron chi connectivity index (χ2n) is 4.88. The third kappa shape index (κ3) is 2.40. The summed E-state index contributed by atoms with van der Waals surface area (Å²) in [6.45, 7) is 1.82. The van der Waals surface area contributed by atoms with Crippen LogP contribution in [0.4, 0.5) is 4.39 Å². The number of imidazole rings is 1. The largest absolute Gasteiger partial charge is 0.507 e. The van der Waals surface area contributed by atoms with Crippen molar-refractivity contribution in [3.8, 4) is 11.8 Å². The maximum atomic E-state index is 13.4. The van der Waals surface area contributed by atoms with Gasteiger partial charge >= 0.3 is 0 Å². The Morgan fingerprint density at radius 3 is 2.96 bits per heavy atom.